The summed E-state index contributed by atoms with van der Waals surface area (Å²) in [4.78, 5) is 9.92. The van der Waals surface area contributed by atoms with Crippen LogP contribution in [0.5, 0.6) is 0 Å². The Morgan fingerprint density at radius 3 is 2.60 bits per heavy atom. The molecule has 0 spiro atoms. The number of thiazole rings is 1. The number of aromatic nitrogens is 1. The van der Waals surface area contributed by atoms with Gasteiger partial charge in [-0.25, -0.2) is 0 Å². The third kappa shape index (κ3) is 3.03. The van der Waals surface area contributed by atoms with E-state index in [0.717, 1.165) is 15.9 Å². The van der Waals surface area contributed by atoms with Gasteiger partial charge in [0, 0.05) is 18.1 Å². The van der Waals surface area contributed by atoms with Crippen molar-refractivity contribution in [3.63, 3.8) is 0 Å². The second kappa shape index (κ2) is 4.31. The molecule has 0 fully saturated rings. The van der Waals surface area contributed by atoms with E-state index in [4.69, 9.17) is 5.73 Å². The summed E-state index contributed by atoms with van der Waals surface area (Å²) < 4.78 is 38.2. The highest BCUT2D eigenvalue weighted by atomic mass is 32.1. The van der Waals surface area contributed by atoms with E-state index in [9.17, 15) is 18.0 Å². The van der Waals surface area contributed by atoms with E-state index in [0.29, 0.717) is 0 Å². The Hall–Kier alpha value is -0.890. The zero-order chi connectivity index (χ0) is 11.6. The van der Waals surface area contributed by atoms with Crippen LogP contribution in [0.2, 0.25) is 0 Å². The highest BCUT2D eigenvalue weighted by Gasteiger charge is 2.42. The average Bonchev–Trinajstić information content (AvgIpc) is 2.44. The van der Waals surface area contributed by atoms with Gasteiger partial charge < -0.3 is 10.3 Å². The molecule has 1 aromatic heterocycles. The molecule has 8 heteroatoms. The van der Waals surface area contributed by atoms with Gasteiger partial charge in [-0.1, -0.05) is 23.6 Å². The van der Waals surface area contributed by atoms with Crippen LogP contribution in [0.3, 0.4) is 0 Å². The van der Waals surface area contributed by atoms with Crippen LogP contribution in [-0.4, -0.2) is 15.7 Å². The quantitative estimate of drug-likeness (QED) is 0.831. The van der Waals surface area contributed by atoms with E-state index in [1.54, 1.807) is 0 Å². The molecular weight excluding hydrogens is 249 g/mol. The van der Waals surface area contributed by atoms with E-state index in [1.165, 1.54) is 11.6 Å². The molecule has 15 heavy (non-hydrogen) atoms. The van der Waals surface area contributed by atoms with E-state index < -0.39 is 28.5 Å². The lowest BCUT2D eigenvalue weighted by Gasteiger charge is -2.18. The molecule has 0 bridgehead atoms. The van der Waals surface area contributed by atoms with Gasteiger partial charge in [0.15, 0.2) is 0 Å². The van der Waals surface area contributed by atoms with Gasteiger partial charge in [0.05, 0.1) is 4.99 Å². The lowest BCUT2D eigenvalue weighted by Crippen LogP contribution is -2.38. The molecule has 0 amide bonds. The van der Waals surface area contributed by atoms with Crippen LogP contribution < -0.4 is 10.6 Å². The van der Waals surface area contributed by atoms with Crippen LogP contribution in [0.1, 0.15) is 0 Å². The third-order valence-electron chi connectivity index (χ3n) is 1.76. The Bertz CT molecular complexity index is 409. The van der Waals surface area contributed by atoms with Gasteiger partial charge in [-0.3, -0.25) is 4.79 Å². The lowest BCUT2D eigenvalue weighted by molar-refractivity contribution is -0.158. The number of rotatable bonds is 3. The number of nitrogens with zero attached hydrogens (tertiary/aromatic N) is 1. The number of nitrogens with two attached hydrogens (primary N) is 1. The number of hydrogen-bond donors (Lipinski definition) is 1. The molecule has 1 aromatic rings. The summed E-state index contributed by atoms with van der Waals surface area (Å²) in [6, 6.07) is 0. The second-order valence-electron chi connectivity index (χ2n) is 2.82. The molecule has 3 nitrogen and oxygen atoms in total. The molecule has 2 N–H and O–H groups in total. The normalized spacial score (nSPS) is 13.8. The Morgan fingerprint density at radius 2 is 2.27 bits per heavy atom. The van der Waals surface area contributed by atoms with Gasteiger partial charge in [0.2, 0.25) is 0 Å². The molecule has 1 atom stereocenters. The van der Waals surface area contributed by atoms with Crippen molar-refractivity contribution in [1.82, 2.24) is 4.57 Å². The van der Waals surface area contributed by atoms with Crippen LogP contribution >= 0.6 is 23.6 Å². The predicted molar refractivity (Wildman–Crippen MR) is 54.9 cm³/mol. The predicted octanol–water partition coefficient (Wildman–Crippen LogP) is 1.37. The third-order valence-corrected chi connectivity index (χ3v) is 2.74. The van der Waals surface area contributed by atoms with E-state index in [1.807, 2.05) is 0 Å². The minimum Gasteiger partial charge on any atom is -0.393 e. The maximum absolute atomic E-state index is 12.4. The van der Waals surface area contributed by atoms with E-state index in [2.05, 4.69) is 12.2 Å². The molecule has 0 aromatic carbocycles. The first kappa shape index (κ1) is 12.2. The van der Waals surface area contributed by atoms with Crippen molar-refractivity contribution in [2.45, 2.75) is 12.7 Å². The Morgan fingerprint density at radius 1 is 1.67 bits per heavy atom. The molecule has 84 valence electrons. The molecule has 0 saturated heterocycles. The lowest BCUT2D eigenvalue weighted by atomic mass is 10.1. The van der Waals surface area contributed by atoms with Crippen molar-refractivity contribution in [3.05, 3.63) is 21.2 Å². The minimum atomic E-state index is -4.52. The summed E-state index contributed by atoms with van der Waals surface area (Å²) in [5, 5.41) is 1.41. The fourth-order valence-electron chi connectivity index (χ4n) is 0.978. The van der Waals surface area contributed by atoms with Crippen molar-refractivity contribution in [3.8, 4) is 0 Å². The largest absolute Gasteiger partial charge is 0.399 e. The molecule has 1 heterocycles. The first-order valence-electron chi connectivity index (χ1n) is 3.82. The van der Waals surface area contributed by atoms with Gasteiger partial charge in [-0.15, -0.1) is 0 Å². The Kier molecular flexibility index (Phi) is 3.50. The molecule has 0 aliphatic heterocycles. The maximum atomic E-state index is 12.4. The number of alkyl halides is 3. The molecular formula is C7H7F3N2OS2. The summed E-state index contributed by atoms with van der Waals surface area (Å²) in [6.45, 7) is -0.554. The van der Waals surface area contributed by atoms with E-state index >= 15 is 0 Å². The van der Waals surface area contributed by atoms with Gasteiger partial charge in [0.25, 0.3) is 0 Å². The summed E-state index contributed by atoms with van der Waals surface area (Å²) in [6.07, 6.45) is -3.24. The van der Waals surface area contributed by atoms with Crippen molar-refractivity contribution < 1.29 is 13.2 Å². The number of halogens is 3. The molecule has 1 rings (SSSR count). The topological polar surface area (TPSA) is 48.0 Å². The SMILES string of the molecule is NC(=S)C(Cn1ccsc1=O)C(F)(F)F. The fraction of sp³-hybridized carbons (Fsp3) is 0.429. The smallest absolute Gasteiger partial charge is 0.393 e. The summed E-state index contributed by atoms with van der Waals surface area (Å²) >= 11 is 5.15. The monoisotopic (exact) mass is 256 g/mol. The van der Waals surface area contributed by atoms with Crippen molar-refractivity contribution in [1.29, 1.82) is 0 Å². The fourth-order valence-corrected chi connectivity index (χ4v) is 1.78. The maximum Gasteiger partial charge on any atom is 0.399 e. The van der Waals surface area contributed by atoms with Gasteiger partial charge in [-0.2, -0.15) is 13.2 Å². The van der Waals surface area contributed by atoms with Gasteiger partial charge in [-0.05, 0) is 0 Å². The Balaban J connectivity index is 2.91. The molecule has 1 unspecified atom stereocenters. The highest BCUT2D eigenvalue weighted by molar-refractivity contribution is 7.80. The zero-order valence-electron chi connectivity index (χ0n) is 7.32. The second-order valence-corrected chi connectivity index (χ2v) is 4.15. The first-order valence-corrected chi connectivity index (χ1v) is 5.11. The average molecular weight is 256 g/mol. The van der Waals surface area contributed by atoms with Gasteiger partial charge in [0.1, 0.15) is 5.92 Å². The van der Waals surface area contributed by atoms with Crippen LogP contribution in [-0.2, 0) is 6.54 Å². The summed E-state index contributed by atoms with van der Waals surface area (Å²) in [5.41, 5.74) is 4.99. The first-order chi connectivity index (χ1) is 6.82. The van der Waals surface area contributed by atoms with Crippen molar-refractivity contribution in [2.75, 3.05) is 0 Å². The molecule has 0 aliphatic rings. The minimum absolute atomic E-state index is 0.458. The Labute approximate surface area is 92.3 Å². The van der Waals surface area contributed by atoms with Crippen molar-refractivity contribution in [2.24, 2.45) is 11.7 Å². The molecule has 0 radical (unpaired) electrons. The van der Waals surface area contributed by atoms with Crippen LogP contribution in [0.15, 0.2) is 16.4 Å². The number of hydrogen-bond acceptors (Lipinski definition) is 3. The summed E-state index contributed by atoms with van der Waals surface area (Å²) in [7, 11) is 0. The number of thiocarbonyl (C=S) groups is 1. The zero-order valence-corrected chi connectivity index (χ0v) is 8.96. The highest BCUT2D eigenvalue weighted by Crippen LogP contribution is 2.27. The van der Waals surface area contributed by atoms with E-state index in [-0.39, 0.29) is 0 Å². The van der Waals surface area contributed by atoms with Crippen LogP contribution in [0, 0.1) is 5.92 Å². The summed E-state index contributed by atoms with van der Waals surface area (Å²) in [5.74, 6) is -1.96. The van der Waals surface area contributed by atoms with Crippen LogP contribution in [0.25, 0.3) is 0 Å². The van der Waals surface area contributed by atoms with Crippen LogP contribution in [0.4, 0.5) is 13.2 Å². The van der Waals surface area contributed by atoms with Gasteiger partial charge >= 0.3 is 11.0 Å². The van der Waals surface area contributed by atoms with Crippen molar-refractivity contribution >= 4 is 28.5 Å². The molecule has 0 aliphatic carbocycles. The molecule has 0 saturated carbocycles. The standard InChI is InChI=1S/C7H7F3N2OS2/c8-7(9,10)4(5(11)14)3-12-1-2-15-6(12)13/h1-2,4H,3H2,(H2,11,14).